The van der Waals surface area contributed by atoms with E-state index in [0.717, 1.165) is 5.56 Å². The predicted molar refractivity (Wildman–Crippen MR) is 70.7 cm³/mol. The molecule has 8 heteroatoms. The molecule has 0 fully saturated rings. The van der Waals surface area contributed by atoms with Crippen molar-refractivity contribution in [1.29, 1.82) is 0 Å². The van der Waals surface area contributed by atoms with Gasteiger partial charge in [-0.1, -0.05) is 12.1 Å². The monoisotopic (exact) mass is 274 g/mol. The number of carbonyl (C=O) groups excluding carboxylic acids is 2. The molecule has 0 saturated carbocycles. The smallest absolute Gasteiger partial charge is 0.297 e. The van der Waals surface area contributed by atoms with E-state index >= 15 is 0 Å². The second-order valence-electron chi connectivity index (χ2n) is 4.26. The molecule has 0 radical (unpaired) electrons. The number of hydrogen-bond donors (Lipinski definition) is 2. The Morgan fingerprint density at radius 2 is 2.20 bits per heavy atom. The van der Waals surface area contributed by atoms with Crippen molar-refractivity contribution in [3.8, 4) is 0 Å². The number of rotatable bonds is 4. The number of aromatic nitrogens is 4. The fourth-order valence-electron chi connectivity index (χ4n) is 1.58. The van der Waals surface area contributed by atoms with E-state index in [1.54, 1.807) is 30.1 Å². The van der Waals surface area contributed by atoms with Gasteiger partial charge < -0.3 is 10.2 Å². The average molecular weight is 274 g/mol. The second kappa shape index (κ2) is 5.91. The van der Waals surface area contributed by atoms with Crippen molar-refractivity contribution in [2.45, 2.75) is 13.5 Å². The van der Waals surface area contributed by atoms with Crippen LogP contribution in [0.1, 0.15) is 23.1 Å². The van der Waals surface area contributed by atoms with Gasteiger partial charge in [0.05, 0.1) is 0 Å². The van der Waals surface area contributed by atoms with Crippen LogP contribution in [0.25, 0.3) is 0 Å². The molecule has 2 N–H and O–H groups in total. The molecule has 0 spiro atoms. The van der Waals surface area contributed by atoms with Gasteiger partial charge >= 0.3 is 0 Å². The molecule has 1 aromatic carbocycles. The largest absolute Gasteiger partial charge is 0.342 e. The summed E-state index contributed by atoms with van der Waals surface area (Å²) in [6.07, 6.45) is 0. The van der Waals surface area contributed by atoms with Crippen molar-refractivity contribution in [3.63, 3.8) is 0 Å². The Labute approximate surface area is 115 Å². The maximum atomic E-state index is 11.8. The Morgan fingerprint density at radius 3 is 2.85 bits per heavy atom. The van der Waals surface area contributed by atoms with E-state index < -0.39 is 5.91 Å². The fourth-order valence-corrected chi connectivity index (χ4v) is 1.58. The molecule has 0 aliphatic rings. The first kappa shape index (κ1) is 13.7. The number of benzene rings is 1. The van der Waals surface area contributed by atoms with Gasteiger partial charge in [-0.3, -0.25) is 9.59 Å². The quantitative estimate of drug-likeness (QED) is 0.841. The van der Waals surface area contributed by atoms with Gasteiger partial charge in [-0.15, -0.1) is 10.2 Å². The van der Waals surface area contributed by atoms with Gasteiger partial charge in [-0.05, 0) is 22.9 Å². The topological polar surface area (TPSA) is 104 Å². The lowest BCUT2D eigenvalue weighted by Gasteiger charge is -2.15. The minimum atomic E-state index is -0.448. The summed E-state index contributed by atoms with van der Waals surface area (Å²) < 4.78 is 0. The number of tetrazole rings is 1. The first-order valence-corrected chi connectivity index (χ1v) is 5.91. The standard InChI is InChI=1S/C12H14N6O2/c1-8(19)18(2)7-9-4-3-5-10(6-9)13-12(20)11-14-16-17-15-11/h3-6H,7H2,1-2H3,(H,13,20)(H,14,15,16,17). The molecule has 0 saturated heterocycles. The maximum absolute atomic E-state index is 11.8. The lowest BCUT2D eigenvalue weighted by atomic mass is 10.2. The first-order chi connectivity index (χ1) is 9.56. The Morgan fingerprint density at radius 1 is 1.40 bits per heavy atom. The highest BCUT2D eigenvalue weighted by Gasteiger charge is 2.11. The zero-order chi connectivity index (χ0) is 14.5. The van der Waals surface area contributed by atoms with E-state index in [0.29, 0.717) is 12.2 Å². The number of hydrogen-bond acceptors (Lipinski definition) is 5. The number of carbonyl (C=O) groups is 2. The third-order valence-electron chi connectivity index (χ3n) is 2.69. The van der Waals surface area contributed by atoms with Gasteiger partial charge in [0.1, 0.15) is 0 Å². The lowest BCUT2D eigenvalue weighted by Crippen LogP contribution is -2.23. The van der Waals surface area contributed by atoms with Crippen molar-refractivity contribution in [2.75, 3.05) is 12.4 Å². The van der Waals surface area contributed by atoms with Gasteiger partial charge in [-0.2, -0.15) is 5.21 Å². The molecule has 1 heterocycles. The van der Waals surface area contributed by atoms with Crippen LogP contribution in [0.5, 0.6) is 0 Å². The molecular weight excluding hydrogens is 260 g/mol. The van der Waals surface area contributed by atoms with Crippen LogP contribution in [-0.2, 0) is 11.3 Å². The summed E-state index contributed by atoms with van der Waals surface area (Å²) in [5.74, 6) is -0.502. The Kier molecular flexibility index (Phi) is 4.04. The second-order valence-corrected chi connectivity index (χ2v) is 4.26. The highest BCUT2D eigenvalue weighted by atomic mass is 16.2. The minimum Gasteiger partial charge on any atom is -0.342 e. The molecule has 104 valence electrons. The third-order valence-corrected chi connectivity index (χ3v) is 2.69. The average Bonchev–Trinajstić information content (AvgIpc) is 2.92. The van der Waals surface area contributed by atoms with Gasteiger partial charge in [0, 0.05) is 26.2 Å². The molecule has 0 atom stereocenters. The van der Waals surface area contributed by atoms with Crippen molar-refractivity contribution in [1.82, 2.24) is 25.5 Å². The maximum Gasteiger partial charge on any atom is 0.297 e. The van der Waals surface area contributed by atoms with Crippen LogP contribution in [0.3, 0.4) is 0 Å². The molecule has 0 aliphatic carbocycles. The normalized spacial score (nSPS) is 10.1. The number of anilines is 1. The summed E-state index contributed by atoms with van der Waals surface area (Å²) in [7, 11) is 1.72. The zero-order valence-corrected chi connectivity index (χ0v) is 11.1. The van der Waals surface area contributed by atoms with Crippen molar-refractivity contribution >= 4 is 17.5 Å². The van der Waals surface area contributed by atoms with E-state index in [1.165, 1.54) is 6.92 Å². The van der Waals surface area contributed by atoms with Gasteiger partial charge in [-0.25, -0.2) is 0 Å². The van der Waals surface area contributed by atoms with Crippen LogP contribution in [0, 0.1) is 0 Å². The van der Waals surface area contributed by atoms with Crippen LogP contribution in [0.15, 0.2) is 24.3 Å². The molecular formula is C12H14N6O2. The van der Waals surface area contributed by atoms with E-state index in [1.807, 2.05) is 6.07 Å². The molecule has 2 rings (SSSR count). The Hall–Kier alpha value is -2.77. The summed E-state index contributed by atoms with van der Waals surface area (Å²) >= 11 is 0. The molecule has 8 nitrogen and oxygen atoms in total. The number of aromatic amines is 1. The van der Waals surface area contributed by atoms with E-state index in [-0.39, 0.29) is 11.7 Å². The summed E-state index contributed by atoms with van der Waals surface area (Å²) in [5, 5.41) is 15.4. The summed E-state index contributed by atoms with van der Waals surface area (Å²) in [6, 6.07) is 7.21. The summed E-state index contributed by atoms with van der Waals surface area (Å²) in [6.45, 7) is 1.98. The minimum absolute atomic E-state index is 0.0220. The molecule has 0 bridgehead atoms. The third kappa shape index (κ3) is 3.37. The van der Waals surface area contributed by atoms with Crippen molar-refractivity contribution in [2.24, 2.45) is 0 Å². The number of H-pyrrole nitrogens is 1. The van der Waals surface area contributed by atoms with Gasteiger partial charge in [0.25, 0.3) is 11.7 Å². The highest BCUT2D eigenvalue weighted by molar-refractivity contribution is 6.01. The van der Waals surface area contributed by atoms with Crippen LogP contribution in [-0.4, -0.2) is 44.4 Å². The van der Waals surface area contributed by atoms with Crippen LogP contribution >= 0.6 is 0 Å². The summed E-state index contributed by atoms with van der Waals surface area (Å²) in [4.78, 5) is 24.5. The van der Waals surface area contributed by atoms with Gasteiger partial charge in [0.15, 0.2) is 0 Å². The fraction of sp³-hybridized carbons (Fsp3) is 0.250. The Balaban J connectivity index is 2.06. The summed E-state index contributed by atoms with van der Waals surface area (Å²) in [5.41, 5.74) is 1.52. The van der Waals surface area contributed by atoms with Crippen LogP contribution in [0.4, 0.5) is 5.69 Å². The van der Waals surface area contributed by atoms with Crippen LogP contribution < -0.4 is 5.32 Å². The molecule has 2 aromatic rings. The SMILES string of the molecule is CC(=O)N(C)Cc1cccc(NC(=O)c2nn[nH]n2)c1. The number of nitrogens with one attached hydrogen (secondary N) is 2. The molecule has 0 aliphatic heterocycles. The molecule has 2 amide bonds. The molecule has 0 unspecified atom stereocenters. The van der Waals surface area contributed by atoms with Crippen LogP contribution in [0.2, 0.25) is 0 Å². The molecule has 20 heavy (non-hydrogen) atoms. The lowest BCUT2D eigenvalue weighted by molar-refractivity contribution is -0.128. The molecule has 1 aromatic heterocycles. The Bertz CT molecular complexity index is 610. The zero-order valence-electron chi connectivity index (χ0n) is 11.1. The number of nitrogens with zero attached hydrogens (tertiary/aromatic N) is 4. The predicted octanol–water partition coefficient (Wildman–Crippen LogP) is 0.430. The van der Waals surface area contributed by atoms with E-state index in [2.05, 4.69) is 25.9 Å². The van der Waals surface area contributed by atoms with E-state index in [4.69, 9.17) is 0 Å². The number of amides is 2. The van der Waals surface area contributed by atoms with Gasteiger partial charge in [0.2, 0.25) is 5.91 Å². The van der Waals surface area contributed by atoms with Crippen molar-refractivity contribution in [3.05, 3.63) is 35.7 Å². The van der Waals surface area contributed by atoms with E-state index in [9.17, 15) is 9.59 Å². The first-order valence-electron chi connectivity index (χ1n) is 5.91. The highest BCUT2D eigenvalue weighted by Crippen LogP contribution is 2.13. The van der Waals surface area contributed by atoms with Crippen molar-refractivity contribution < 1.29 is 9.59 Å².